The summed E-state index contributed by atoms with van der Waals surface area (Å²) < 4.78 is 10.5. The second-order valence-corrected chi connectivity index (χ2v) is 7.45. The number of amides is 2. The van der Waals surface area contributed by atoms with E-state index >= 15 is 0 Å². The van der Waals surface area contributed by atoms with Gasteiger partial charge in [-0.25, -0.2) is 4.98 Å². The van der Waals surface area contributed by atoms with Gasteiger partial charge < -0.3 is 20.1 Å². The minimum Gasteiger partial charge on any atom is -0.497 e. The number of hydrogen-bond donors (Lipinski definition) is 1. The van der Waals surface area contributed by atoms with E-state index in [1.165, 1.54) is 17.4 Å². The van der Waals surface area contributed by atoms with Gasteiger partial charge in [0.15, 0.2) is 0 Å². The number of benzene rings is 1. The van der Waals surface area contributed by atoms with Crippen molar-refractivity contribution >= 4 is 23.2 Å². The molecule has 1 saturated heterocycles. The van der Waals surface area contributed by atoms with Crippen molar-refractivity contribution in [1.29, 1.82) is 0 Å². The predicted molar refractivity (Wildman–Crippen MR) is 110 cm³/mol. The summed E-state index contributed by atoms with van der Waals surface area (Å²) >= 11 is 1.24. The normalized spacial score (nSPS) is 15.4. The van der Waals surface area contributed by atoms with E-state index in [4.69, 9.17) is 15.2 Å². The molecule has 0 aliphatic carbocycles. The first-order chi connectivity index (χ1) is 13.9. The summed E-state index contributed by atoms with van der Waals surface area (Å²) in [7, 11) is 3.12. The van der Waals surface area contributed by atoms with E-state index in [1.54, 1.807) is 37.3 Å². The number of nitrogens with two attached hydrogens (primary N) is 1. The van der Waals surface area contributed by atoms with E-state index in [1.807, 2.05) is 0 Å². The molecule has 0 spiro atoms. The molecule has 0 radical (unpaired) electrons. The van der Waals surface area contributed by atoms with E-state index in [0.29, 0.717) is 40.7 Å². The number of primary amides is 1. The van der Waals surface area contributed by atoms with E-state index in [9.17, 15) is 9.59 Å². The molecule has 0 saturated carbocycles. The molecular weight excluding hydrogens is 390 g/mol. The zero-order valence-corrected chi connectivity index (χ0v) is 17.0. The van der Waals surface area contributed by atoms with Crippen LogP contribution in [0.1, 0.15) is 38.3 Å². The van der Waals surface area contributed by atoms with Crippen LogP contribution in [-0.2, 0) is 4.79 Å². The molecule has 0 unspecified atom stereocenters. The van der Waals surface area contributed by atoms with Crippen molar-refractivity contribution in [2.24, 2.45) is 5.73 Å². The smallest absolute Gasteiger partial charge is 0.261 e. The summed E-state index contributed by atoms with van der Waals surface area (Å²) in [6, 6.07) is 5.28. The topological polar surface area (TPSA) is 94.8 Å². The van der Waals surface area contributed by atoms with Gasteiger partial charge in [0.2, 0.25) is 5.91 Å². The van der Waals surface area contributed by atoms with Crippen LogP contribution >= 0.6 is 11.3 Å². The molecule has 2 N–H and O–H groups in total. The number of ether oxygens (including phenoxy) is 2. The van der Waals surface area contributed by atoms with Crippen molar-refractivity contribution in [3.63, 3.8) is 0 Å². The Bertz CT molecular complexity index is 996. The number of nitrogens with zero attached hydrogens (tertiary/aromatic N) is 2. The van der Waals surface area contributed by atoms with Gasteiger partial charge in [-0.3, -0.25) is 9.59 Å². The van der Waals surface area contributed by atoms with Crippen LogP contribution in [0, 0.1) is 11.8 Å². The Morgan fingerprint density at radius 2 is 1.97 bits per heavy atom. The maximum absolute atomic E-state index is 11.9. The number of methoxy groups -OCH3 is 2. The number of likely N-dealkylation sites (tertiary alicyclic amines) is 1. The molecule has 2 amide bonds. The lowest BCUT2D eigenvalue weighted by molar-refractivity contribution is -0.125. The monoisotopic (exact) mass is 411 g/mol. The fourth-order valence-electron chi connectivity index (χ4n) is 3.07. The fraction of sp³-hybridized carbons (Fsp3) is 0.286. The predicted octanol–water partition coefficient (Wildman–Crippen LogP) is 2.16. The number of carbonyl (C=O) groups excluding carboxylic acids is 2. The SMILES string of the molecule is C=CC(=O)N1CC[C@H](c2nc(C#Cc3cc(OC)cc(OC)c3)c(C(N)=O)s2)C1. The third-order valence-corrected chi connectivity index (χ3v) is 5.80. The molecule has 1 aliphatic rings. The highest BCUT2D eigenvalue weighted by molar-refractivity contribution is 7.14. The summed E-state index contributed by atoms with van der Waals surface area (Å²) in [4.78, 5) is 30.3. The summed E-state index contributed by atoms with van der Waals surface area (Å²) in [6.07, 6.45) is 2.07. The van der Waals surface area contributed by atoms with Gasteiger partial charge in [0.05, 0.1) is 19.2 Å². The minimum atomic E-state index is -0.571. The van der Waals surface area contributed by atoms with Gasteiger partial charge in [0, 0.05) is 30.6 Å². The van der Waals surface area contributed by atoms with Gasteiger partial charge in [0.1, 0.15) is 22.1 Å². The van der Waals surface area contributed by atoms with Crippen molar-refractivity contribution < 1.29 is 19.1 Å². The van der Waals surface area contributed by atoms with E-state index in [-0.39, 0.29) is 11.8 Å². The van der Waals surface area contributed by atoms with Crippen LogP contribution in [0.25, 0.3) is 0 Å². The zero-order valence-electron chi connectivity index (χ0n) is 16.2. The second-order valence-electron chi connectivity index (χ2n) is 6.42. The first-order valence-corrected chi connectivity index (χ1v) is 9.73. The molecule has 1 aromatic heterocycles. The Kier molecular flexibility index (Phi) is 6.20. The van der Waals surface area contributed by atoms with Crippen LogP contribution in [0.4, 0.5) is 0 Å². The Hall–Kier alpha value is -3.31. The second kappa shape index (κ2) is 8.80. The Morgan fingerprint density at radius 3 is 2.55 bits per heavy atom. The lowest BCUT2D eigenvalue weighted by Gasteiger charge is -2.12. The van der Waals surface area contributed by atoms with Gasteiger partial charge in [-0.1, -0.05) is 12.5 Å². The van der Waals surface area contributed by atoms with Crippen molar-refractivity contribution in [1.82, 2.24) is 9.88 Å². The molecule has 1 aromatic carbocycles. The maximum atomic E-state index is 11.9. The van der Waals surface area contributed by atoms with Crippen LogP contribution < -0.4 is 15.2 Å². The average molecular weight is 411 g/mol. The Balaban J connectivity index is 1.90. The quantitative estimate of drug-likeness (QED) is 0.601. The molecule has 1 aliphatic heterocycles. The molecule has 150 valence electrons. The summed E-state index contributed by atoms with van der Waals surface area (Å²) in [5.74, 6) is 6.53. The van der Waals surface area contributed by atoms with Crippen molar-refractivity contribution in [3.05, 3.63) is 52.0 Å². The van der Waals surface area contributed by atoms with Crippen LogP contribution in [0.2, 0.25) is 0 Å². The molecule has 2 heterocycles. The number of carbonyl (C=O) groups is 2. The van der Waals surface area contributed by atoms with Gasteiger partial charge >= 0.3 is 0 Å². The molecule has 3 rings (SSSR count). The van der Waals surface area contributed by atoms with Gasteiger partial charge in [-0.2, -0.15) is 0 Å². The largest absolute Gasteiger partial charge is 0.497 e. The molecule has 8 heteroatoms. The van der Waals surface area contributed by atoms with Crippen LogP contribution in [-0.4, -0.2) is 49.0 Å². The summed E-state index contributed by atoms with van der Waals surface area (Å²) in [5, 5.41) is 0.755. The maximum Gasteiger partial charge on any atom is 0.261 e. The van der Waals surface area contributed by atoms with Crippen molar-refractivity contribution in [2.45, 2.75) is 12.3 Å². The third kappa shape index (κ3) is 4.58. The van der Waals surface area contributed by atoms with Gasteiger partial charge in [0.25, 0.3) is 5.91 Å². The summed E-state index contributed by atoms with van der Waals surface area (Å²) in [6.45, 7) is 4.69. The first kappa shape index (κ1) is 20.4. The van der Waals surface area contributed by atoms with Gasteiger partial charge in [-0.15, -0.1) is 11.3 Å². The number of aromatic nitrogens is 1. The number of hydrogen-bond acceptors (Lipinski definition) is 6. The lowest BCUT2D eigenvalue weighted by atomic mass is 10.1. The van der Waals surface area contributed by atoms with E-state index in [2.05, 4.69) is 23.4 Å². The molecule has 2 aromatic rings. The average Bonchev–Trinajstić information content (AvgIpc) is 3.38. The van der Waals surface area contributed by atoms with Crippen LogP contribution in [0.15, 0.2) is 30.9 Å². The molecule has 1 fully saturated rings. The minimum absolute atomic E-state index is 0.0504. The van der Waals surface area contributed by atoms with E-state index < -0.39 is 5.91 Å². The molecule has 29 heavy (non-hydrogen) atoms. The van der Waals surface area contributed by atoms with E-state index in [0.717, 1.165) is 11.4 Å². The van der Waals surface area contributed by atoms with Crippen LogP contribution in [0.3, 0.4) is 0 Å². The molecular formula is C21H21N3O4S. The first-order valence-electron chi connectivity index (χ1n) is 8.92. The zero-order chi connectivity index (χ0) is 21.0. The highest BCUT2D eigenvalue weighted by atomic mass is 32.1. The van der Waals surface area contributed by atoms with Crippen molar-refractivity contribution in [2.75, 3.05) is 27.3 Å². The van der Waals surface area contributed by atoms with Crippen LogP contribution in [0.5, 0.6) is 11.5 Å². The highest BCUT2D eigenvalue weighted by Crippen LogP contribution is 2.32. The number of thiazole rings is 1. The standard InChI is InChI=1S/C21H21N3O4S/c1-4-18(25)24-8-7-14(12-24)21-23-17(19(29-21)20(22)26)6-5-13-9-15(27-2)11-16(10-13)28-3/h4,9-11,14H,1,7-8,12H2,2-3H3,(H2,22,26)/t14-/m0/s1. The molecule has 1 atom stereocenters. The molecule has 0 bridgehead atoms. The fourth-order valence-corrected chi connectivity index (χ4v) is 4.06. The molecule has 7 nitrogen and oxygen atoms in total. The lowest BCUT2D eigenvalue weighted by Crippen LogP contribution is -2.26. The highest BCUT2D eigenvalue weighted by Gasteiger charge is 2.29. The number of rotatable bonds is 5. The van der Waals surface area contributed by atoms with Gasteiger partial charge in [-0.05, 0) is 30.6 Å². The Morgan fingerprint density at radius 1 is 1.28 bits per heavy atom. The summed E-state index contributed by atoms with van der Waals surface area (Å²) in [5.41, 5.74) is 6.53. The Labute approximate surface area is 173 Å². The van der Waals surface area contributed by atoms with Crippen molar-refractivity contribution in [3.8, 4) is 23.3 Å². The third-order valence-electron chi connectivity index (χ3n) is 4.57.